The van der Waals surface area contributed by atoms with Gasteiger partial charge in [-0.05, 0) is 25.3 Å². The lowest BCUT2D eigenvalue weighted by molar-refractivity contribution is -0.144. The minimum atomic E-state index is -0.142. The smallest absolute Gasteiger partial charge is 0.228 e. The molecule has 0 N–H and O–H groups in total. The van der Waals surface area contributed by atoms with Gasteiger partial charge in [0, 0.05) is 44.8 Å². The summed E-state index contributed by atoms with van der Waals surface area (Å²) in [4.78, 5) is 30.2. The van der Waals surface area contributed by atoms with Gasteiger partial charge in [-0.1, -0.05) is 29.8 Å². The van der Waals surface area contributed by atoms with E-state index in [2.05, 4.69) is 0 Å². The second-order valence-corrected chi connectivity index (χ2v) is 8.40. The molecule has 0 radical (unpaired) electrons. The Balaban J connectivity index is 1.49. The molecule has 152 valence electrons. The number of nitrogens with zero attached hydrogens (tertiary/aromatic N) is 2. The van der Waals surface area contributed by atoms with Gasteiger partial charge < -0.3 is 19.3 Å². The first-order valence-electron chi connectivity index (χ1n) is 10.3. The number of morpholine rings is 1. The van der Waals surface area contributed by atoms with Gasteiger partial charge in [0.1, 0.15) is 0 Å². The Hall–Kier alpha value is -1.92. The number of rotatable bonds is 3. The number of aryl methyl sites for hydroxylation is 1. The van der Waals surface area contributed by atoms with Crippen molar-refractivity contribution in [2.45, 2.75) is 26.2 Å². The van der Waals surface area contributed by atoms with Gasteiger partial charge in [-0.15, -0.1) is 0 Å². The molecule has 6 heteroatoms. The van der Waals surface area contributed by atoms with Gasteiger partial charge in [0.2, 0.25) is 11.8 Å². The normalized spacial score (nSPS) is 24.5. The van der Waals surface area contributed by atoms with E-state index in [9.17, 15) is 9.59 Å². The fourth-order valence-electron chi connectivity index (χ4n) is 4.78. The van der Waals surface area contributed by atoms with Crippen LogP contribution in [0.4, 0.5) is 0 Å². The first-order chi connectivity index (χ1) is 13.6. The number of carbonyl (C=O) groups is 2. The highest BCUT2D eigenvalue weighted by atomic mass is 16.5. The van der Waals surface area contributed by atoms with Crippen molar-refractivity contribution >= 4 is 11.8 Å². The maximum atomic E-state index is 13.3. The van der Waals surface area contributed by atoms with E-state index in [0.29, 0.717) is 59.0 Å². The fourth-order valence-corrected chi connectivity index (χ4v) is 4.78. The van der Waals surface area contributed by atoms with Crippen LogP contribution in [0.3, 0.4) is 0 Å². The summed E-state index contributed by atoms with van der Waals surface area (Å²) in [6, 6.07) is 8.11. The number of hydrogen-bond donors (Lipinski definition) is 0. The molecule has 6 nitrogen and oxygen atoms in total. The Morgan fingerprint density at radius 1 is 1.00 bits per heavy atom. The molecule has 0 saturated carbocycles. The Morgan fingerprint density at radius 2 is 1.64 bits per heavy atom. The Kier molecular flexibility index (Phi) is 5.69. The molecule has 3 aliphatic rings. The van der Waals surface area contributed by atoms with E-state index < -0.39 is 0 Å². The quantitative estimate of drug-likeness (QED) is 0.793. The van der Waals surface area contributed by atoms with Crippen LogP contribution < -0.4 is 0 Å². The van der Waals surface area contributed by atoms with Crippen molar-refractivity contribution in [3.63, 3.8) is 0 Å². The summed E-state index contributed by atoms with van der Waals surface area (Å²) in [5.74, 6) is 0.180. The zero-order chi connectivity index (χ0) is 19.6. The molecule has 4 rings (SSSR count). The monoisotopic (exact) mass is 386 g/mol. The summed E-state index contributed by atoms with van der Waals surface area (Å²) in [6.07, 6.45) is 2.09. The third kappa shape index (κ3) is 3.94. The SMILES string of the molecule is Cc1ccc(CC(=O)N2CC(C(=O)N3CCOCC3)C3(CCOCC3)C2)cc1. The van der Waals surface area contributed by atoms with Crippen LogP contribution >= 0.6 is 0 Å². The highest BCUT2D eigenvalue weighted by Gasteiger charge is 2.52. The Labute approximate surface area is 166 Å². The summed E-state index contributed by atoms with van der Waals surface area (Å²) in [6.45, 7) is 7.10. The first-order valence-corrected chi connectivity index (χ1v) is 10.3. The van der Waals surface area contributed by atoms with E-state index >= 15 is 0 Å². The highest BCUT2D eigenvalue weighted by Crippen LogP contribution is 2.45. The average molecular weight is 386 g/mol. The summed E-state index contributed by atoms with van der Waals surface area (Å²) in [5.41, 5.74) is 2.07. The molecule has 0 bridgehead atoms. The van der Waals surface area contributed by atoms with Crippen LogP contribution in [-0.4, -0.2) is 74.2 Å². The molecule has 0 aliphatic carbocycles. The third-order valence-corrected chi connectivity index (χ3v) is 6.59. The lowest BCUT2D eigenvalue weighted by Gasteiger charge is -2.39. The standard InChI is InChI=1S/C22H30N2O4/c1-17-2-4-18(5-3-17)14-20(25)24-15-19(21(26)23-8-12-28-13-9-23)22(16-24)6-10-27-11-7-22/h2-5,19H,6-16H2,1H3. The zero-order valence-electron chi connectivity index (χ0n) is 16.7. The van der Waals surface area contributed by atoms with Gasteiger partial charge in [-0.3, -0.25) is 9.59 Å². The first kappa shape index (κ1) is 19.4. The molecule has 3 aliphatic heterocycles. The minimum absolute atomic E-state index is 0.118. The predicted molar refractivity (Wildman–Crippen MR) is 105 cm³/mol. The lowest BCUT2D eigenvalue weighted by Crippen LogP contribution is -2.49. The molecule has 3 heterocycles. The molecular formula is C22H30N2O4. The van der Waals surface area contributed by atoms with Crippen molar-refractivity contribution in [2.24, 2.45) is 11.3 Å². The van der Waals surface area contributed by atoms with E-state index in [1.807, 2.05) is 41.0 Å². The molecule has 1 aromatic rings. The fraction of sp³-hybridized carbons (Fsp3) is 0.636. The largest absolute Gasteiger partial charge is 0.381 e. The molecule has 2 amide bonds. The minimum Gasteiger partial charge on any atom is -0.381 e. The van der Waals surface area contributed by atoms with Crippen molar-refractivity contribution in [2.75, 3.05) is 52.6 Å². The van der Waals surface area contributed by atoms with Gasteiger partial charge in [0.25, 0.3) is 0 Å². The van der Waals surface area contributed by atoms with Crippen molar-refractivity contribution in [1.29, 1.82) is 0 Å². The van der Waals surface area contributed by atoms with Gasteiger partial charge in [-0.25, -0.2) is 0 Å². The van der Waals surface area contributed by atoms with Crippen LogP contribution in [0.5, 0.6) is 0 Å². The number of amides is 2. The maximum Gasteiger partial charge on any atom is 0.228 e. The second kappa shape index (κ2) is 8.21. The average Bonchev–Trinajstić information content (AvgIpc) is 3.09. The molecule has 1 atom stereocenters. The number of hydrogen-bond acceptors (Lipinski definition) is 4. The number of ether oxygens (including phenoxy) is 2. The summed E-state index contributed by atoms with van der Waals surface area (Å²) in [7, 11) is 0. The van der Waals surface area contributed by atoms with Crippen molar-refractivity contribution in [3.05, 3.63) is 35.4 Å². The van der Waals surface area contributed by atoms with Crippen LogP contribution in [0.25, 0.3) is 0 Å². The topological polar surface area (TPSA) is 59.1 Å². The molecular weight excluding hydrogens is 356 g/mol. The van der Waals surface area contributed by atoms with Crippen molar-refractivity contribution in [3.8, 4) is 0 Å². The van der Waals surface area contributed by atoms with E-state index in [0.717, 1.165) is 18.4 Å². The summed E-state index contributed by atoms with van der Waals surface area (Å²) < 4.78 is 11.0. The molecule has 1 spiro atoms. The molecule has 1 aromatic carbocycles. The van der Waals surface area contributed by atoms with Crippen LogP contribution in [0.2, 0.25) is 0 Å². The molecule has 0 aromatic heterocycles. The van der Waals surface area contributed by atoms with Gasteiger partial charge >= 0.3 is 0 Å². The summed E-state index contributed by atoms with van der Waals surface area (Å²) >= 11 is 0. The van der Waals surface area contributed by atoms with Crippen LogP contribution in [0, 0.1) is 18.3 Å². The Morgan fingerprint density at radius 3 is 2.32 bits per heavy atom. The van der Waals surface area contributed by atoms with E-state index in [1.54, 1.807) is 0 Å². The van der Waals surface area contributed by atoms with Crippen LogP contribution in [-0.2, 0) is 25.5 Å². The van der Waals surface area contributed by atoms with Gasteiger partial charge in [0.15, 0.2) is 0 Å². The van der Waals surface area contributed by atoms with E-state index in [1.165, 1.54) is 5.56 Å². The predicted octanol–water partition coefficient (Wildman–Crippen LogP) is 1.65. The number of benzene rings is 1. The van der Waals surface area contributed by atoms with E-state index in [-0.39, 0.29) is 23.1 Å². The zero-order valence-corrected chi connectivity index (χ0v) is 16.7. The number of likely N-dealkylation sites (tertiary alicyclic amines) is 1. The highest BCUT2D eigenvalue weighted by molar-refractivity contribution is 5.84. The van der Waals surface area contributed by atoms with Crippen LogP contribution in [0.1, 0.15) is 24.0 Å². The van der Waals surface area contributed by atoms with Gasteiger partial charge in [0.05, 0.1) is 25.6 Å². The van der Waals surface area contributed by atoms with Crippen molar-refractivity contribution in [1.82, 2.24) is 9.80 Å². The number of carbonyl (C=O) groups excluding carboxylic acids is 2. The van der Waals surface area contributed by atoms with Gasteiger partial charge in [-0.2, -0.15) is 0 Å². The molecule has 3 saturated heterocycles. The third-order valence-electron chi connectivity index (χ3n) is 6.59. The van der Waals surface area contributed by atoms with E-state index in [4.69, 9.17) is 9.47 Å². The van der Waals surface area contributed by atoms with Crippen molar-refractivity contribution < 1.29 is 19.1 Å². The molecule has 1 unspecified atom stereocenters. The van der Waals surface area contributed by atoms with Crippen LogP contribution in [0.15, 0.2) is 24.3 Å². The Bertz CT molecular complexity index is 706. The lowest BCUT2D eigenvalue weighted by atomic mass is 9.71. The second-order valence-electron chi connectivity index (χ2n) is 8.40. The summed E-state index contributed by atoms with van der Waals surface area (Å²) in [5, 5.41) is 0. The maximum absolute atomic E-state index is 13.3. The molecule has 3 fully saturated rings. The molecule has 28 heavy (non-hydrogen) atoms.